The summed E-state index contributed by atoms with van der Waals surface area (Å²) in [5.41, 5.74) is 1.74. The van der Waals surface area contributed by atoms with Crippen LogP contribution in [0.5, 0.6) is 11.5 Å². The first kappa shape index (κ1) is 21.0. The van der Waals surface area contributed by atoms with Crippen LogP contribution in [-0.2, 0) is 6.61 Å². The van der Waals surface area contributed by atoms with E-state index in [1.807, 2.05) is 42.5 Å². The van der Waals surface area contributed by atoms with Crippen LogP contribution in [0.4, 0.5) is 5.69 Å². The summed E-state index contributed by atoms with van der Waals surface area (Å²) in [5.74, 6) is 1.12. The Labute approximate surface area is 190 Å². The van der Waals surface area contributed by atoms with Crippen molar-refractivity contribution >= 4 is 45.6 Å². The number of hydrogen-bond acceptors (Lipinski definition) is 3. The summed E-state index contributed by atoms with van der Waals surface area (Å²) >= 11 is 12.0. The maximum absolute atomic E-state index is 12.8. The molecule has 0 aliphatic carbocycles. The number of benzene rings is 4. The van der Waals surface area contributed by atoms with Gasteiger partial charge in [-0.3, -0.25) is 4.79 Å². The molecule has 0 aromatic heterocycles. The van der Waals surface area contributed by atoms with E-state index in [9.17, 15) is 4.79 Å². The van der Waals surface area contributed by atoms with Crippen molar-refractivity contribution in [1.82, 2.24) is 0 Å². The van der Waals surface area contributed by atoms with Crippen LogP contribution in [0.1, 0.15) is 15.9 Å². The number of fused-ring (bicyclic) bond motifs is 1. The Morgan fingerprint density at radius 2 is 1.61 bits per heavy atom. The highest BCUT2D eigenvalue weighted by molar-refractivity contribution is 6.35. The van der Waals surface area contributed by atoms with Gasteiger partial charge < -0.3 is 14.8 Å². The number of anilines is 1. The van der Waals surface area contributed by atoms with Gasteiger partial charge in [0, 0.05) is 32.2 Å². The molecule has 0 heterocycles. The van der Waals surface area contributed by atoms with Gasteiger partial charge in [0.15, 0.2) is 0 Å². The summed E-state index contributed by atoms with van der Waals surface area (Å²) in [5, 5.41) is 5.83. The van der Waals surface area contributed by atoms with Crippen molar-refractivity contribution in [3.8, 4) is 11.5 Å². The zero-order valence-corrected chi connectivity index (χ0v) is 18.2. The third-order valence-electron chi connectivity index (χ3n) is 4.80. The fourth-order valence-corrected chi connectivity index (χ4v) is 3.86. The second-order valence-corrected chi connectivity index (χ2v) is 7.78. The van der Waals surface area contributed by atoms with Crippen LogP contribution in [0.25, 0.3) is 10.8 Å². The monoisotopic (exact) mass is 451 g/mol. The Bertz CT molecular complexity index is 1230. The summed E-state index contributed by atoms with van der Waals surface area (Å²) in [6, 6.07) is 24.0. The number of hydrogen-bond donors (Lipinski definition) is 1. The number of amides is 1. The van der Waals surface area contributed by atoms with Crippen molar-refractivity contribution in [3.63, 3.8) is 0 Å². The van der Waals surface area contributed by atoms with E-state index in [-0.39, 0.29) is 12.5 Å². The van der Waals surface area contributed by atoms with E-state index >= 15 is 0 Å². The van der Waals surface area contributed by atoms with E-state index in [1.165, 1.54) is 0 Å². The smallest absolute Gasteiger partial charge is 0.255 e. The minimum absolute atomic E-state index is 0.251. The van der Waals surface area contributed by atoms with E-state index in [0.717, 1.165) is 22.1 Å². The van der Waals surface area contributed by atoms with Crippen LogP contribution in [0.3, 0.4) is 0 Å². The molecule has 4 aromatic carbocycles. The van der Waals surface area contributed by atoms with Gasteiger partial charge in [-0.15, -0.1) is 0 Å². The van der Waals surface area contributed by atoms with E-state index in [0.29, 0.717) is 27.0 Å². The largest absolute Gasteiger partial charge is 0.496 e. The molecule has 0 spiro atoms. The van der Waals surface area contributed by atoms with Crippen molar-refractivity contribution in [3.05, 3.63) is 100 Å². The third kappa shape index (κ3) is 4.93. The number of carbonyl (C=O) groups is 1. The Morgan fingerprint density at radius 1 is 0.871 bits per heavy atom. The van der Waals surface area contributed by atoms with E-state index in [1.54, 1.807) is 43.5 Å². The Morgan fingerprint density at radius 3 is 2.39 bits per heavy atom. The average molecular weight is 452 g/mol. The Hall–Kier alpha value is -3.21. The van der Waals surface area contributed by atoms with Gasteiger partial charge in [0.05, 0.1) is 7.11 Å². The van der Waals surface area contributed by atoms with Crippen molar-refractivity contribution in [2.24, 2.45) is 0 Å². The van der Waals surface area contributed by atoms with Crippen LogP contribution in [0.15, 0.2) is 78.9 Å². The van der Waals surface area contributed by atoms with Crippen LogP contribution >= 0.6 is 23.2 Å². The second kappa shape index (κ2) is 9.29. The highest BCUT2D eigenvalue weighted by Crippen LogP contribution is 2.28. The molecular weight excluding hydrogens is 433 g/mol. The lowest BCUT2D eigenvalue weighted by atomic mass is 10.1. The molecule has 4 nitrogen and oxygen atoms in total. The molecular formula is C25H19Cl2NO3. The van der Waals surface area contributed by atoms with Crippen LogP contribution in [-0.4, -0.2) is 13.0 Å². The first-order chi connectivity index (χ1) is 15.0. The number of carbonyl (C=O) groups excluding carboxylic acids is 1. The molecule has 156 valence electrons. The second-order valence-electron chi connectivity index (χ2n) is 6.90. The average Bonchev–Trinajstić information content (AvgIpc) is 2.76. The highest BCUT2D eigenvalue weighted by atomic mass is 35.5. The molecule has 4 aromatic rings. The van der Waals surface area contributed by atoms with E-state index in [2.05, 4.69) is 5.32 Å². The Kier molecular flexibility index (Phi) is 6.31. The van der Waals surface area contributed by atoms with Crippen molar-refractivity contribution in [2.75, 3.05) is 12.4 Å². The molecule has 0 atom stereocenters. The first-order valence-corrected chi connectivity index (χ1v) is 10.3. The number of methoxy groups -OCH3 is 1. The lowest BCUT2D eigenvalue weighted by Crippen LogP contribution is -2.13. The molecule has 0 bridgehead atoms. The van der Waals surface area contributed by atoms with Crippen LogP contribution in [0.2, 0.25) is 10.0 Å². The highest BCUT2D eigenvalue weighted by Gasteiger charge is 2.13. The molecule has 6 heteroatoms. The summed E-state index contributed by atoms with van der Waals surface area (Å²) in [6.45, 7) is 0.251. The predicted octanol–water partition coefficient (Wildman–Crippen LogP) is 6.99. The molecule has 1 N–H and O–H groups in total. The minimum atomic E-state index is -0.285. The van der Waals surface area contributed by atoms with Crippen molar-refractivity contribution in [1.29, 1.82) is 0 Å². The normalized spacial score (nSPS) is 10.7. The molecule has 0 saturated heterocycles. The summed E-state index contributed by atoms with van der Waals surface area (Å²) < 4.78 is 11.5. The number of halogens is 2. The van der Waals surface area contributed by atoms with Crippen molar-refractivity contribution < 1.29 is 14.3 Å². The molecule has 1 amide bonds. The molecule has 0 aliphatic heterocycles. The lowest BCUT2D eigenvalue weighted by Gasteiger charge is -2.14. The SMILES string of the molecule is COc1ccc(C(=O)Nc2cc(Cl)cc(Cl)c2)cc1COc1cccc2ccccc12. The Balaban J connectivity index is 1.56. The number of nitrogens with one attached hydrogen (secondary N) is 1. The van der Waals surface area contributed by atoms with Gasteiger partial charge in [-0.25, -0.2) is 0 Å². The van der Waals surface area contributed by atoms with E-state index < -0.39 is 0 Å². The van der Waals surface area contributed by atoms with Crippen molar-refractivity contribution in [2.45, 2.75) is 6.61 Å². The van der Waals surface area contributed by atoms with Crippen LogP contribution < -0.4 is 14.8 Å². The number of ether oxygens (including phenoxy) is 2. The maximum Gasteiger partial charge on any atom is 0.255 e. The van der Waals surface area contributed by atoms with Gasteiger partial charge in [0.25, 0.3) is 5.91 Å². The molecule has 0 aliphatic rings. The molecule has 0 unspecified atom stereocenters. The summed E-state index contributed by atoms with van der Waals surface area (Å²) in [6.07, 6.45) is 0. The topological polar surface area (TPSA) is 47.6 Å². The van der Waals surface area contributed by atoms with Gasteiger partial charge in [-0.05, 0) is 47.9 Å². The fourth-order valence-electron chi connectivity index (χ4n) is 3.34. The minimum Gasteiger partial charge on any atom is -0.496 e. The molecule has 4 rings (SSSR count). The van der Waals surface area contributed by atoms with Gasteiger partial charge in [-0.2, -0.15) is 0 Å². The van der Waals surface area contributed by atoms with Gasteiger partial charge in [-0.1, -0.05) is 59.6 Å². The first-order valence-electron chi connectivity index (χ1n) is 9.58. The van der Waals surface area contributed by atoms with E-state index in [4.69, 9.17) is 32.7 Å². The molecule has 31 heavy (non-hydrogen) atoms. The van der Waals surface area contributed by atoms with Gasteiger partial charge in [0.1, 0.15) is 18.1 Å². The van der Waals surface area contributed by atoms with Gasteiger partial charge >= 0.3 is 0 Å². The standard InChI is InChI=1S/C25H19Cl2NO3/c1-30-23-10-9-17(25(29)28-21-13-19(26)12-20(27)14-21)11-18(23)15-31-24-8-4-6-16-5-2-3-7-22(16)24/h2-14H,15H2,1H3,(H,28,29). The zero-order chi connectivity index (χ0) is 21.8. The third-order valence-corrected chi connectivity index (χ3v) is 5.23. The van der Waals surface area contributed by atoms with Gasteiger partial charge in [0.2, 0.25) is 0 Å². The predicted molar refractivity (Wildman–Crippen MR) is 126 cm³/mol. The maximum atomic E-state index is 12.8. The zero-order valence-electron chi connectivity index (χ0n) is 16.7. The lowest BCUT2D eigenvalue weighted by molar-refractivity contribution is 0.102. The quantitative estimate of drug-likeness (QED) is 0.343. The molecule has 0 radical (unpaired) electrons. The fraction of sp³-hybridized carbons (Fsp3) is 0.0800. The van der Waals surface area contributed by atoms with Crippen LogP contribution in [0, 0.1) is 0 Å². The summed E-state index contributed by atoms with van der Waals surface area (Å²) in [7, 11) is 1.59. The molecule has 0 fully saturated rings. The number of rotatable bonds is 6. The molecule has 0 saturated carbocycles. The summed E-state index contributed by atoms with van der Waals surface area (Å²) in [4.78, 5) is 12.8.